The van der Waals surface area contributed by atoms with Gasteiger partial charge in [0.25, 0.3) is 0 Å². The zero-order valence-corrected chi connectivity index (χ0v) is 32.9. The minimum atomic E-state index is -4.97. The maximum Gasteiger partial charge on any atom is 0.449 e. The lowest BCUT2D eigenvalue weighted by Crippen LogP contribution is -2.67. The molecule has 19 heteroatoms. The number of nitrogens with one attached hydrogen (secondary N) is 2. The molecule has 2 N–H and O–H groups in total. The average molecular weight is 837 g/mol. The molecule has 4 bridgehead atoms. The Morgan fingerprint density at radius 1 is 0.724 bits per heavy atom. The van der Waals surface area contributed by atoms with Crippen molar-refractivity contribution in [2.24, 2.45) is 35.5 Å². The lowest BCUT2D eigenvalue weighted by atomic mass is 9.59. The molecule has 6 saturated heterocycles. The summed E-state index contributed by atoms with van der Waals surface area (Å²) >= 11 is 0. The van der Waals surface area contributed by atoms with Gasteiger partial charge in [-0.1, -0.05) is 13.8 Å². The predicted molar refractivity (Wildman–Crippen MR) is 183 cm³/mol. The second-order valence-electron chi connectivity index (χ2n) is 17.9. The molecule has 0 unspecified atom stereocenters. The molecule has 8 heterocycles. The Hall–Kier alpha value is -2.97. The number of fused-ring (bicyclic) bond motifs is 4. The first-order valence-corrected chi connectivity index (χ1v) is 20.2. The van der Waals surface area contributed by atoms with E-state index in [0.717, 1.165) is 6.92 Å². The van der Waals surface area contributed by atoms with Crippen LogP contribution in [-0.2, 0) is 52.9 Å². The largest absolute Gasteiger partial charge is 0.456 e. The molecule has 58 heavy (non-hydrogen) atoms. The molecule has 0 aromatic rings. The van der Waals surface area contributed by atoms with Gasteiger partial charge in [-0.05, 0) is 76.2 Å². The number of hydrogen-bond donors (Lipinski definition) is 2. The second-order valence-corrected chi connectivity index (χ2v) is 17.9. The number of allylic oxidation sites excluding steroid dienone is 2. The monoisotopic (exact) mass is 836 g/mol. The zero-order valence-electron chi connectivity index (χ0n) is 32.9. The smallest absolute Gasteiger partial charge is 0.449 e. The number of carbonyl (C=O) groups excluding carboxylic acids is 3. The van der Waals surface area contributed by atoms with Gasteiger partial charge in [-0.3, -0.25) is 14.4 Å². The maximum absolute atomic E-state index is 14.7. The van der Waals surface area contributed by atoms with E-state index in [1.165, 1.54) is 0 Å². The van der Waals surface area contributed by atoms with Crippen LogP contribution in [0.15, 0.2) is 22.7 Å². The van der Waals surface area contributed by atoms with Crippen LogP contribution >= 0.6 is 0 Å². The average Bonchev–Trinajstić information content (AvgIpc) is 3.51. The quantitative estimate of drug-likeness (QED) is 0.195. The summed E-state index contributed by atoms with van der Waals surface area (Å²) in [5.74, 6) is -9.86. The van der Waals surface area contributed by atoms with Crippen molar-refractivity contribution in [2.45, 2.75) is 159 Å². The van der Waals surface area contributed by atoms with Crippen LogP contribution in [0.1, 0.15) is 105 Å². The van der Waals surface area contributed by atoms with Crippen LogP contribution in [0.25, 0.3) is 0 Å². The molecule has 10 rings (SSSR count). The van der Waals surface area contributed by atoms with Crippen LogP contribution in [0, 0.1) is 35.5 Å². The van der Waals surface area contributed by atoms with Gasteiger partial charge in [0.1, 0.15) is 0 Å². The highest BCUT2D eigenvalue weighted by molar-refractivity contribution is 5.93. The molecule has 8 fully saturated rings. The van der Waals surface area contributed by atoms with E-state index >= 15 is 0 Å². The lowest BCUT2D eigenvalue weighted by Gasteiger charge is -2.57. The fourth-order valence-electron chi connectivity index (χ4n) is 11.3. The summed E-state index contributed by atoms with van der Waals surface area (Å²) in [4.78, 5) is 62.9. The SMILES string of the molecule is CC(=O)N[C@@H](CC(=O)NCC1=C(C(F)(F)F)O[C@@H]2O[C@]3(C)CC[C@H]4[C@H](C)CC[C@@H]1[C@@]24OO3)C(=O)CCC1=C(C(F)(F)F)O[C@@H]2O[C@]3(C)CC[C@H]4[C@H](C)CC[C@@H]1[C@@]24OO3. The fraction of sp³-hybridized carbons (Fsp3) is 0.821. The van der Waals surface area contributed by atoms with Gasteiger partial charge in [0.05, 0.1) is 12.5 Å². The summed E-state index contributed by atoms with van der Waals surface area (Å²) in [6.45, 7) is 7.61. The third kappa shape index (κ3) is 6.83. The van der Waals surface area contributed by atoms with E-state index in [9.17, 15) is 40.7 Å². The number of rotatable bonds is 9. The topological polar surface area (TPSA) is 149 Å². The Balaban J connectivity index is 1.01. The lowest BCUT2D eigenvalue weighted by molar-refractivity contribution is -0.557. The van der Waals surface area contributed by atoms with Gasteiger partial charge >= 0.3 is 12.4 Å². The number of alkyl halides is 6. The van der Waals surface area contributed by atoms with Gasteiger partial charge in [-0.25, -0.2) is 19.6 Å². The first-order chi connectivity index (χ1) is 27.1. The second kappa shape index (κ2) is 14.3. The van der Waals surface area contributed by atoms with Gasteiger partial charge in [-0.2, -0.15) is 26.3 Å². The highest BCUT2D eigenvalue weighted by Crippen LogP contribution is 2.63. The van der Waals surface area contributed by atoms with Crippen LogP contribution in [0.5, 0.6) is 0 Å². The highest BCUT2D eigenvalue weighted by atomic mass is 19.4. The third-order valence-corrected chi connectivity index (χ3v) is 14.1. The van der Waals surface area contributed by atoms with E-state index in [2.05, 4.69) is 10.6 Å². The molecule has 13 atom stereocenters. The van der Waals surface area contributed by atoms with Crippen LogP contribution in [0.3, 0.4) is 0 Å². The van der Waals surface area contributed by atoms with Crippen molar-refractivity contribution in [3.8, 4) is 0 Å². The molecule has 10 aliphatic rings. The molecule has 0 aromatic heterocycles. The summed E-state index contributed by atoms with van der Waals surface area (Å²) < 4.78 is 111. The first-order valence-electron chi connectivity index (χ1n) is 20.2. The Labute approximate surface area is 331 Å². The first kappa shape index (κ1) is 41.8. The van der Waals surface area contributed by atoms with Crippen molar-refractivity contribution in [3.05, 3.63) is 22.7 Å². The standard InChI is InChI=1S/C39H50F6N2O11/c1-18-6-9-25-21(30(38(40,41)42)51-32-36(25)23(18)12-14-34(4,53-32)55-57-36)8-11-28(49)27(47-20(3)48)16-29(50)46-17-22-26-10-7-19(2)24-13-15-35(5)54-33(37(24,26)58-56-35)52-31(22)39(43,44)45/h18-19,23-27,32-33H,6-17H2,1-5H3,(H,46,50)(H,47,48)/t18-,19-,23+,24+,25+,26+,27+,32-,33-,34+,35+,36-,37-/m1/s1. The number of halogens is 6. The Kier molecular flexibility index (Phi) is 10.3. The number of Topliss-reactive ketones (excluding diaryl/α,β-unsaturated/α-hetero) is 1. The van der Waals surface area contributed by atoms with Crippen molar-refractivity contribution >= 4 is 17.6 Å². The van der Waals surface area contributed by atoms with Crippen molar-refractivity contribution in [1.82, 2.24) is 10.6 Å². The Morgan fingerprint density at radius 2 is 1.21 bits per heavy atom. The van der Waals surface area contributed by atoms with Crippen LogP contribution < -0.4 is 10.6 Å². The normalized spacial score (nSPS) is 42.3. The third-order valence-electron chi connectivity index (χ3n) is 14.1. The molecule has 2 amide bonds. The Bertz CT molecular complexity index is 1770. The van der Waals surface area contributed by atoms with Gasteiger partial charge in [-0.15, -0.1) is 0 Å². The molecule has 2 saturated carbocycles. The van der Waals surface area contributed by atoms with Gasteiger partial charge in [0.15, 0.2) is 17.0 Å². The molecule has 2 aliphatic carbocycles. The van der Waals surface area contributed by atoms with Gasteiger partial charge < -0.3 is 29.6 Å². The van der Waals surface area contributed by atoms with E-state index in [-0.39, 0.29) is 47.7 Å². The van der Waals surface area contributed by atoms with Crippen LogP contribution in [0.2, 0.25) is 0 Å². The molecule has 2 spiro atoms. The van der Waals surface area contributed by atoms with Crippen LogP contribution in [-0.4, -0.2) is 77.9 Å². The molecule has 324 valence electrons. The van der Waals surface area contributed by atoms with Crippen molar-refractivity contribution in [3.63, 3.8) is 0 Å². The van der Waals surface area contributed by atoms with Crippen molar-refractivity contribution in [1.29, 1.82) is 0 Å². The van der Waals surface area contributed by atoms with Gasteiger partial charge in [0.2, 0.25) is 47.5 Å². The summed E-state index contributed by atoms with van der Waals surface area (Å²) in [5, 5.41) is 4.88. The highest BCUT2D eigenvalue weighted by Gasteiger charge is 2.72. The van der Waals surface area contributed by atoms with E-state index in [4.69, 9.17) is 38.5 Å². The number of ketones is 1. The van der Waals surface area contributed by atoms with E-state index in [1.807, 2.05) is 13.8 Å². The maximum atomic E-state index is 14.7. The Morgan fingerprint density at radius 3 is 1.69 bits per heavy atom. The minimum Gasteiger partial charge on any atom is -0.456 e. The molecule has 0 radical (unpaired) electrons. The number of carbonyl (C=O) groups is 3. The van der Waals surface area contributed by atoms with E-state index in [0.29, 0.717) is 38.5 Å². The zero-order chi connectivity index (χ0) is 41.8. The molecule has 0 aromatic carbocycles. The van der Waals surface area contributed by atoms with Gasteiger partial charge in [0, 0.05) is 62.0 Å². The number of ether oxygens (including phenoxy) is 4. The summed E-state index contributed by atoms with van der Waals surface area (Å²) in [6, 6.07) is -1.51. The molecule has 8 aliphatic heterocycles. The van der Waals surface area contributed by atoms with Crippen LogP contribution in [0.4, 0.5) is 26.3 Å². The number of amides is 2. The fourth-order valence-corrected chi connectivity index (χ4v) is 11.3. The predicted octanol–water partition coefficient (Wildman–Crippen LogP) is 6.47. The minimum absolute atomic E-state index is 0.0369. The summed E-state index contributed by atoms with van der Waals surface area (Å²) in [6.07, 6.45) is -11.0. The summed E-state index contributed by atoms with van der Waals surface area (Å²) in [5.41, 5.74) is -3.29. The van der Waals surface area contributed by atoms with Crippen molar-refractivity contribution < 1.29 is 79.2 Å². The molecule has 13 nitrogen and oxygen atoms in total. The van der Waals surface area contributed by atoms with E-state index in [1.54, 1.807) is 13.8 Å². The molecular weight excluding hydrogens is 786 g/mol. The number of hydrogen-bond acceptors (Lipinski definition) is 11. The van der Waals surface area contributed by atoms with Crippen molar-refractivity contribution in [2.75, 3.05) is 6.54 Å². The molecular formula is C39H50F6N2O11. The summed E-state index contributed by atoms with van der Waals surface area (Å²) in [7, 11) is 0. The van der Waals surface area contributed by atoms with E-state index < -0.39 is 121 Å².